The molecule has 2 aliphatic rings. The van der Waals surface area contributed by atoms with Crippen LogP contribution in [0.25, 0.3) is 5.69 Å². The molecule has 1 fully saturated rings. The molecule has 2 heterocycles. The van der Waals surface area contributed by atoms with Crippen LogP contribution in [0.2, 0.25) is 0 Å². The molecule has 1 amide bonds. The first kappa shape index (κ1) is 23.3. The number of aromatic nitrogens is 3. The predicted molar refractivity (Wildman–Crippen MR) is 129 cm³/mol. The molecule has 0 radical (unpaired) electrons. The van der Waals surface area contributed by atoms with E-state index in [0.29, 0.717) is 11.4 Å². The van der Waals surface area contributed by atoms with E-state index < -0.39 is 11.7 Å². The largest absolute Gasteiger partial charge is 0.490 e. The zero-order valence-electron chi connectivity index (χ0n) is 20.4. The normalized spacial score (nSPS) is 19.9. The van der Waals surface area contributed by atoms with Gasteiger partial charge in [0.05, 0.1) is 24.9 Å². The quantitative estimate of drug-likeness (QED) is 0.479. The van der Waals surface area contributed by atoms with Crippen LogP contribution >= 0.6 is 0 Å². The van der Waals surface area contributed by atoms with Gasteiger partial charge < -0.3 is 9.47 Å². The van der Waals surface area contributed by atoms with Gasteiger partial charge in [0.1, 0.15) is 23.0 Å². The van der Waals surface area contributed by atoms with Crippen molar-refractivity contribution in [3.8, 4) is 11.4 Å². The van der Waals surface area contributed by atoms with E-state index in [1.165, 1.54) is 12.1 Å². The van der Waals surface area contributed by atoms with E-state index in [1.54, 1.807) is 11.0 Å². The average molecular weight is 479 g/mol. The van der Waals surface area contributed by atoms with Crippen LogP contribution in [0.15, 0.2) is 48.5 Å². The Morgan fingerprint density at radius 2 is 1.74 bits per heavy atom. The summed E-state index contributed by atoms with van der Waals surface area (Å²) in [6.07, 6.45) is 3.39. The van der Waals surface area contributed by atoms with Crippen LogP contribution < -0.4 is 4.74 Å². The lowest BCUT2D eigenvalue weighted by atomic mass is 9.86. The first-order valence-electron chi connectivity index (χ1n) is 12.2. The van der Waals surface area contributed by atoms with Crippen LogP contribution in [0.1, 0.15) is 69.6 Å². The Bertz CT molecular complexity index is 1200. The van der Waals surface area contributed by atoms with Gasteiger partial charge in [-0.3, -0.25) is 9.47 Å². The number of hydrogen-bond acceptors (Lipinski definition) is 5. The summed E-state index contributed by atoms with van der Waals surface area (Å²) in [5, 5.41) is 9.03. The van der Waals surface area contributed by atoms with Crippen LogP contribution in [-0.4, -0.2) is 37.5 Å². The summed E-state index contributed by atoms with van der Waals surface area (Å²) >= 11 is 0. The van der Waals surface area contributed by atoms with E-state index in [4.69, 9.17) is 9.47 Å². The van der Waals surface area contributed by atoms with Crippen molar-refractivity contribution in [2.24, 2.45) is 0 Å². The van der Waals surface area contributed by atoms with Crippen molar-refractivity contribution < 1.29 is 18.7 Å². The summed E-state index contributed by atoms with van der Waals surface area (Å²) in [7, 11) is 0. The molecule has 7 nitrogen and oxygen atoms in total. The number of carbonyl (C=O) groups is 1. The summed E-state index contributed by atoms with van der Waals surface area (Å²) < 4.78 is 28.0. The van der Waals surface area contributed by atoms with Gasteiger partial charge in [0.2, 0.25) is 0 Å². The number of hydrogen-bond donors (Lipinski definition) is 0. The highest BCUT2D eigenvalue weighted by Crippen LogP contribution is 2.37. The van der Waals surface area contributed by atoms with Crippen molar-refractivity contribution in [2.45, 2.75) is 77.2 Å². The average Bonchev–Trinajstić information content (AvgIpc) is 3.15. The maximum Gasteiger partial charge on any atom is 0.411 e. The molecule has 3 aromatic rings. The van der Waals surface area contributed by atoms with Gasteiger partial charge in [0.25, 0.3) is 0 Å². The van der Waals surface area contributed by atoms with Gasteiger partial charge in [-0.05, 0) is 82.3 Å². The second kappa shape index (κ2) is 9.32. The molecule has 0 saturated heterocycles. The number of halogens is 1. The fourth-order valence-electron chi connectivity index (χ4n) is 4.88. The van der Waals surface area contributed by atoms with Crippen LogP contribution in [0.4, 0.5) is 9.18 Å². The molecule has 2 aromatic carbocycles. The van der Waals surface area contributed by atoms with Crippen molar-refractivity contribution in [3.05, 3.63) is 71.6 Å². The summed E-state index contributed by atoms with van der Waals surface area (Å²) in [5.74, 6) is 2.27. The van der Waals surface area contributed by atoms with Gasteiger partial charge in [0.15, 0.2) is 5.82 Å². The molecule has 35 heavy (non-hydrogen) atoms. The number of benzene rings is 2. The zero-order valence-corrected chi connectivity index (χ0v) is 20.4. The van der Waals surface area contributed by atoms with Gasteiger partial charge in [-0.1, -0.05) is 18.2 Å². The summed E-state index contributed by atoms with van der Waals surface area (Å²) in [6.45, 7) is 5.96. The molecule has 1 aliphatic carbocycles. The SMILES string of the molecule is CC(C)(C)OC(=O)N1Cc2cc(F)ccc2-n2c(nnc2C2CCC(Oc3ccccc3)CC2)C1. The summed E-state index contributed by atoms with van der Waals surface area (Å²) in [6, 6.07) is 14.6. The van der Waals surface area contributed by atoms with Crippen LogP contribution in [-0.2, 0) is 17.8 Å². The first-order chi connectivity index (χ1) is 16.8. The minimum atomic E-state index is -0.632. The summed E-state index contributed by atoms with van der Waals surface area (Å²) in [5.41, 5.74) is 0.889. The Hall–Kier alpha value is -3.42. The third kappa shape index (κ3) is 5.16. The number of carbonyl (C=O) groups excluding carboxylic acids is 1. The maximum atomic E-state index is 14.2. The molecular weight excluding hydrogens is 447 g/mol. The molecule has 1 aliphatic heterocycles. The fourth-order valence-corrected chi connectivity index (χ4v) is 4.88. The smallest absolute Gasteiger partial charge is 0.411 e. The third-order valence-corrected chi connectivity index (χ3v) is 6.47. The fraction of sp³-hybridized carbons (Fsp3) is 0.444. The molecule has 1 saturated carbocycles. The lowest BCUT2D eigenvalue weighted by Crippen LogP contribution is -2.35. The van der Waals surface area contributed by atoms with E-state index in [9.17, 15) is 9.18 Å². The highest BCUT2D eigenvalue weighted by molar-refractivity contribution is 5.68. The van der Waals surface area contributed by atoms with E-state index in [0.717, 1.165) is 42.9 Å². The van der Waals surface area contributed by atoms with Crippen molar-refractivity contribution in [2.75, 3.05) is 0 Å². The second-order valence-corrected chi connectivity index (χ2v) is 10.3. The number of para-hydroxylation sites is 1. The van der Waals surface area contributed by atoms with Crippen LogP contribution in [0, 0.1) is 5.82 Å². The number of amides is 1. The first-order valence-corrected chi connectivity index (χ1v) is 12.2. The molecule has 8 heteroatoms. The van der Waals surface area contributed by atoms with Gasteiger partial charge in [0, 0.05) is 5.92 Å². The molecule has 5 rings (SSSR count). The highest BCUT2D eigenvalue weighted by Gasteiger charge is 2.33. The Kier molecular flexibility index (Phi) is 6.21. The van der Waals surface area contributed by atoms with E-state index in [-0.39, 0.29) is 30.9 Å². The Morgan fingerprint density at radius 3 is 2.46 bits per heavy atom. The number of fused-ring (bicyclic) bond motifs is 3. The molecule has 0 atom stereocenters. The third-order valence-electron chi connectivity index (χ3n) is 6.47. The lowest BCUT2D eigenvalue weighted by molar-refractivity contribution is 0.0214. The number of rotatable bonds is 3. The van der Waals surface area contributed by atoms with Gasteiger partial charge in [-0.15, -0.1) is 10.2 Å². The molecule has 1 aromatic heterocycles. The van der Waals surface area contributed by atoms with E-state index >= 15 is 0 Å². The van der Waals surface area contributed by atoms with Crippen molar-refractivity contribution >= 4 is 6.09 Å². The second-order valence-electron chi connectivity index (χ2n) is 10.3. The molecule has 0 N–H and O–H groups in total. The molecular formula is C27H31FN4O3. The lowest BCUT2D eigenvalue weighted by Gasteiger charge is -2.29. The monoisotopic (exact) mass is 478 g/mol. The molecule has 0 unspecified atom stereocenters. The van der Waals surface area contributed by atoms with Crippen LogP contribution in [0.5, 0.6) is 5.75 Å². The Balaban J connectivity index is 1.40. The predicted octanol–water partition coefficient (Wildman–Crippen LogP) is 5.76. The minimum Gasteiger partial charge on any atom is -0.490 e. The maximum absolute atomic E-state index is 14.2. The molecule has 184 valence electrons. The van der Waals surface area contributed by atoms with Crippen LogP contribution in [0.3, 0.4) is 0 Å². The van der Waals surface area contributed by atoms with E-state index in [2.05, 4.69) is 10.2 Å². The topological polar surface area (TPSA) is 69.5 Å². The molecule has 0 bridgehead atoms. The van der Waals surface area contributed by atoms with Crippen molar-refractivity contribution in [1.29, 1.82) is 0 Å². The van der Waals surface area contributed by atoms with Gasteiger partial charge in [-0.25, -0.2) is 9.18 Å². The minimum absolute atomic E-state index is 0.171. The number of ether oxygens (including phenoxy) is 2. The van der Waals surface area contributed by atoms with Crippen molar-refractivity contribution in [3.63, 3.8) is 0 Å². The Morgan fingerprint density at radius 1 is 1.00 bits per heavy atom. The van der Waals surface area contributed by atoms with Gasteiger partial charge in [-0.2, -0.15) is 0 Å². The van der Waals surface area contributed by atoms with Gasteiger partial charge >= 0.3 is 6.09 Å². The number of nitrogens with zero attached hydrogens (tertiary/aromatic N) is 4. The Labute approximate surface area is 204 Å². The standard InChI is InChI=1S/C27H31FN4O3/c1-27(2,3)35-26(33)31-16-19-15-20(28)11-14-23(19)32-24(17-31)29-30-25(32)18-9-12-22(13-10-18)34-21-7-5-4-6-8-21/h4-8,11,14-15,18,22H,9-10,12-13,16-17H2,1-3H3. The zero-order chi connectivity index (χ0) is 24.6. The highest BCUT2D eigenvalue weighted by atomic mass is 19.1. The summed E-state index contributed by atoms with van der Waals surface area (Å²) in [4.78, 5) is 14.5. The molecule has 0 spiro atoms. The van der Waals surface area contributed by atoms with Crippen molar-refractivity contribution in [1.82, 2.24) is 19.7 Å². The van der Waals surface area contributed by atoms with E-state index in [1.807, 2.05) is 55.7 Å².